The molecule has 0 aliphatic heterocycles. The normalized spacial score (nSPS) is 45.4. The van der Waals surface area contributed by atoms with E-state index in [1.54, 1.807) is 6.07 Å². The van der Waals surface area contributed by atoms with Crippen LogP contribution in [0.25, 0.3) is 0 Å². The molecule has 9 atom stereocenters. The summed E-state index contributed by atoms with van der Waals surface area (Å²) < 4.78 is 16.3. The molecule has 0 bridgehead atoms. The summed E-state index contributed by atoms with van der Waals surface area (Å²) in [6.07, 6.45) is 7.87. The largest absolute Gasteiger partial charge is 0.465 e. The van der Waals surface area contributed by atoms with Gasteiger partial charge in [-0.05, 0) is 79.7 Å². The van der Waals surface area contributed by atoms with Gasteiger partial charge in [0.2, 0.25) is 0 Å². The maximum atomic E-state index is 12.5. The van der Waals surface area contributed by atoms with Crippen molar-refractivity contribution in [1.29, 1.82) is 0 Å². The Morgan fingerprint density at radius 3 is 2.62 bits per heavy atom. The Labute approximate surface area is 200 Å². The standard InChI is InChI=1S/C27H36O7/c1-16(29)34-22-13-27(31)21-6-5-18-12-19(33-15-28)8-10-25(18,2)20(21)9-11-26(27,3)24(22)17-4-7-23(30)32-14-17/h4,7,14-15,18-22,24,31H,5-6,8-13H2,1-3H3/t18?,19?,20?,21-,22?,24?,25?,26-,27+/m1/s1. The molecule has 34 heavy (non-hydrogen) atoms. The van der Waals surface area contributed by atoms with Gasteiger partial charge >= 0.3 is 11.6 Å². The second kappa shape index (κ2) is 8.21. The smallest absolute Gasteiger partial charge is 0.335 e. The van der Waals surface area contributed by atoms with Crippen molar-refractivity contribution in [2.24, 2.45) is 28.6 Å². The quantitative estimate of drug-likeness (QED) is 0.522. The van der Waals surface area contributed by atoms with E-state index >= 15 is 0 Å². The SMILES string of the molecule is CC(=O)OC1C[C@]2(O)[C@@H]3CCC4CC(OC=O)CCC4(C)C3CC[C@]2(C)C1c1ccc(=O)oc1. The third kappa shape index (κ3) is 3.37. The number of carbonyl (C=O) groups is 2. The number of ether oxygens (including phenoxy) is 2. The molecule has 4 fully saturated rings. The van der Waals surface area contributed by atoms with E-state index in [1.165, 1.54) is 19.3 Å². The van der Waals surface area contributed by atoms with Crippen LogP contribution >= 0.6 is 0 Å². The highest BCUT2D eigenvalue weighted by molar-refractivity contribution is 5.66. The molecule has 0 spiro atoms. The van der Waals surface area contributed by atoms with Crippen LogP contribution in [0.4, 0.5) is 0 Å². The summed E-state index contributed by atoms with van der Waals surface area (Å²) in [5.41, 5.74) is -1.02. The summed E-state index contributed by atoms with van der Waals surface area (Å²) in [6.45, 7) is 6.49. The van der Waals surface area contributed by atoms with Crippen molar-refractivity contribution in [2.75, 3.05) is 0 Å². The zero-order valence-corrected chi connectivity index (χ0v) is 20.3. The van der Waals surface area contributed by atoms with E-state index in [0.717, 1.165) is 50.5 Å². The van der Waals surface area contributed by atoms with Crippen LogP contribution in [0.2, 0.25) is 0 Å². The number of esters is 1. The van der Waals surface area contributed by atoms with Gasteiger partial charge in [0.1, 0.15) is 12.2 Å². The number of aliphatic hydroxyl groups is 1. The van der Waals surface area contributed by atoms with E-state index in [2.05, 4.69) is 13.8 Å². The van der Waals surface area contributed by atoms with Crippen LogP contribution in [-0.4, -0.2) is 35.4 Å². The van der Waals surface area contributed by atoms with Crippen molar-refractivity contribution in [3.63, 3.8) is 0 Å². The minimum Gasteiger partial charge on any atom is -0.465 e. The second-order valence-electron chi connectivity index (χ2n) is 11.7. The van der Waals surface area contributed by atoms with E-state index < -0.39 is 22.7 Å². The summed E-state index contributed by atoms with van der Waals surface area (Å²) in [4.78, 5) is 34.6. The van der Waals surface area contributed by atoms with E-state index in [9.17, 15) is 19.5 Å². The van der Waals surface area contributed by atoms with Crippen LogP contribution < -0.4 is 5.63 Å². The third-order valence-electron chi connectivity index (χ3n) is 10.4. The van der Waals surface area contributed by atoms with Crippen molar-refractivity contribution in [2.45, 2.75) is 95.9 Å². The average Bonchev–Trinajstić information content (AvgIpc) is 3.01. The summed E-state index contributed by atoms with van der Waals surface area (Å²) >= 11 is 0. The van der Waals surface area contributed by atoms with Crippen molar-refractivity contribution < 1.29 is 28.6 Å². The first-order valence-electron chi connectivity index (χ1n) is 12.7. The van der Waals surface area contributed by atoms with Gasteiger partial charge in [0.15, 0.2) is 0 Å². The van der Waals surface area contributed by atoms with Crippen molar-refractivity contribution in [3.05, 3.63) is 34.4 Å². The predicted molar refractivity (Wildman–Crippen MR) is 123 cm³/mol. The first-order chi connectivity index (χ1) is 16.1. The van der Waals surface area contributed by atoms with E-state index in [4.69, 9.17) is 13.9 Å². The van der Waals surface area contributed by atoms with Gasteiger partial charge < -0.3 is 19.0 Å². The fourth-order valence-electron chi connectivity index (χ4n) is 8.85. The maximum absolute atomic E-state index is 12.5. The first kappa shape index (κ1) is 23.6. The molecular weight excluding hydrogens is 436 g/mol. The highest BCUT2D eigenvalue weighted by Gasteiger charge is 2.70. The van der Waals surface area contributed by atoms with Crippen LogP contribution in [0.1, 0.15) is 83.6 Å². The summed E-state index contributed by atoms with van der Waals surface area (Å²) in [5, 5.41) is 12.5. The first-order valence-corrected chi connectivity index (χ1v) is 12.7. The molecule has 7 heteroatoms. The lowest BCUT2D eigenvalue weighted by Crippen LogP contribution is -2.62. The van der Waals surface area contributed by atoms with Gasteiger partial charge in [-0.15, -0.1) is 0 Å². The maximum Gasteiger partial charge on any atom is 0.335 e. The second-order valence-corrected chi connectivity index (χ2v) is 11.7. The predicted octanol–water partition coefficient (Wildman–Crippen LogP) is 3.96. The van der Waals surface area contributed by atoms with Gasteiger partial charge in [-0.1, -0.05) is 13.8 Å². The number of fused-ring (bicyclic) bond motifs is 5. The highest BCUT2D eigenvalue weighted by atomic mass is 16.5. The number of hydrogen-bond donors (Lipinski definition) is 1. The topological polar surface area (TPSA) is 103 Å². The number of hydrogen-bond acceptors (Lipinski definition) is 7. The molecule has 4 saturated carbocycles. The Hall–Kier alpha value is -2.15. The Morgan fingerprint density at radius 1 is 1.15 bits per heavy atom. The molecule has 1 heterocycles. The Morgan fingerprint density at radius 2 is 1.94 bits per heavy atom. The van der Waals surface area contributed by atoms with Crippen LogP contribution in [-0.2, 0) is 19.1 Å². The molecule has 0 radical (unpaired) electrons. The van der Waals surface area contributed by atoms with E-state index in [-0.39, 0.29) is 29.3 Å². The molecule has 4 aliphatic rings. The van der Waals surface area contributed by atoms with Gasteiger partial charge in [-0.3, -0.25) is 9.59 Å². The van der Waals surface area contributed by atoms with Crippen molar-refractivity contribution >= 4 is 12.4 Å². The molecule has 0 aromatic carbocycles. The molecule has 1 N–H and O–H groups in total. The molecule has 1 aromatic heterocycles. The lowest BCUT2D eigenvalue weighted by molar-refractivity contribution is -0.206. The molecule has 0 amide bonds. The zero-order chi connectivity index (χ0) is 24.3. The molecule has 0 saturated heterocycles. The van der Waals surface area contributed by atoms with Crippen molar-refractivity contribution in [1.82, 2.24) is 0 Å². The van der Waals surface area contributed by atoms with Gasteiger partial charge in [0.25, 0.3) is 6.47 Å². The number of carbonyl (C=O) groups excluding carboxylic acids is 2. The summed E-state index contributed by atoms with van der Waals surface area (Å²) in [6, 6.07) is 3.15. The van der Waals surface area contributed by atoms with Gasteiger partial charge in [-0.25, -0.2) is 4.79 Å². The fourth-order valence-corrected chi connectivity index (χ4v) is 8.85. The minimum atomic E-state index is -0.985. The highest BCUT2D eigenvalue weighted by Crippen LogP contribution is 2.71. The Kier molecular flexibility index (Phi) is 5.70. The summed E-state index contributed by atoms with van der Waals surface area (Å²) in [5.74, 6) is 0.347. The lowest BCUT2D eigenvalue weighted by Gasteiger charge is -2.63. The molecule has 5 rings (SSSR count). The molecule has 186 valence electrons. The fraction of sp³-hybridized carbons (Fsp3) is 0.741. The third-order valence-corrected chi connectivity index (χ3v) is 10.4. The Bertz CT molecular complexity index is 998. The van der Waals surface area contributed by atoms with E-state index in [1.807, 2.05) is 0 Å². The summed E-state index contributed by atoms with van der Waals surface area (Å²) in [7, 11) is 0. The molecule has 6 unspecified atom stereocenters. The Balaban J connectivity index is 1.50. The molecule has 7 nitrogen and oxygen atoms in total. The van der Waals surface area contributed by atoms with Gasteiger partial charge in [0.05, 0.1) is 11.9 Å². The van der Waals surface area contributed by atoms with Crippen LogP contribution in [0.15, 0.2) is 27.6 Å². The zero-order valence-electron chi connectivity index (χ0n) is 20.3. The minimum absolute atomic E-state index is 0.000937. The molecular formula is C27H36O7. The van der Waals surface area contributed by atoms with Crippen LogP contribution in [0.5, 0.6) is 0 Å². The van der Waals surface area contributed by atoms with Gasteiger partial charge in [0, 0.05) is 30.7 Å². The van der Waals surface area contributed by atoms with E-state index in [0.29, 0.717) is 24.7 Å². The molecule has 4 aliphatic carbocycles. The monoisotopic (exact) mass is 472 g/mol. The number of rotatable bonds is 4. The average molecular weight is 473 g/mol. The van der Waals surface area contributed by atoms with Crippen LogP contribution in [0.3, 0.4) is 0 Å². The van der Waals surface area contributed by atoms with Crippen molar-refractivity contribution in [3.8, 4) is 0 Å². The van der Waals surface area contributed by atoms with Crippen LogP contribution in [0, 0.1) is 28.6 Å². The lowest BCUT2D eigenvalue weighted by atomic mass is 9.43. The van der Waals surface area contributed by atoms with Gasteiger partial charge in [-0.2, -0.15) is 0 Å². The molecule has 1 aromatic rings.